The summed E-state index contributed by atoms with van der Waals surface area (Å²) >= 11 is 0. The van der Waals surface area contributed by atoms with Crippen LogP contribution in [0.4, 0.5) is 0 Å². The number of H-pyrrole nitrogens is 1. The maximum atomic E-state index is 12.9. The average molecular weight is 385 g/mol. The van der Waals surface area contributed by atoms with E-state index in [9.17, 15) is 9.59 Å². The predicted octanol–water partition coefficient (Wildman–Crippen LogP) is 0.950. The number of nitrogens with zero attached hydrogens (tertiary/aromatic N) is 6. The van der Waals surface area contributed by atoms with Crippen molar-refractivity contribution in [1.29, 1.82) is 0 Å². The normalized spacial score (nSPS) is 19.5. The maximum absolute atomic E-state index is 12.9. The zero-order valence-electron chi connectivity index (χ0n) is 16.5. The molecule has 0 aromatic carbocycles. The van der Waals surface area contributed by atoms with Gasteiger partial charge in [0.1, 0.15) is 12.7 Å². The fourth-order valence-corrected chi connectivity index (χ4v) is 4.63. The van der Waals surface area contributed by atoms with Gasteiger partial charge in [0.25, 0.3) is 0 Å². The zero-order chi connectivity index (χ0) is 19.7. The monoisotopic (exact) mass is 385 g/mol. The largest absolute Gasteiger partial charge is 0.348 e. The minimum absolute atomic E-state index is 0.122. The Labute approximate surface area is 164 Å². The van der Waals surface area contributed by atoms with E-state index in [1.165, 1.54) is 6.33 Å². The lowest BCUT2D eigenvalue weighted by Gasteiger charge is -2.50. The third kappa shape index (κ3) is 3.08. The molecule has 1 saturated heterocycles. The SMILES string of the molecule is CCC(=O)N1CCc2[nH]cnc2C12CCN(C(=O)C(C)Cn1cncn1)CC2. The number of imidazole rings is 1. The topological polar surface area (TPSA) is 100 Å². The van der Waals surface area contributed by atoms with Crippen LogP contribution in [-0.4, -0.2) is 66.0 Å². The second kappa shape index (κ2) is 7.37. The summed E-state index contributed by atoms with van der Waals surface area (Å²) in [6, 6.07) is 0. The van der Waals surface area contributed by atoms with Crippen molar-refractivity contribution in [3.05, 3.63) is 30.4 Å². The van der Waals surface area contributed by atoms with E-state index in [2.05, 4.69) is 20.1 Å². The van der Waals surface area contributed by atoms with Crippen LogP contribution in [0.3, 0.4) is 0 Å². The molecule has 0 aliphatic carbocycles. The van der Waals surface area contributed by atoms with Crippen LogP contribution in [0.5, 0.6) is 0 Å². The first-order chi connectivity index (χ1) is 13.5. The minimum atomic E-state index is -0.396. The molecule has 4 heterocycles. The van der Waals surface area contributed by atoms with Crippen LogP contribution in [0.15, 0.2) is 19.0 Å². The van der Waals surface area contributed by atoms with Gasteiger partial charge in [-0.1, -0.05) is 13.8 Å². The maximum Gasteiger partial charge on any atom is 0.227 e. The van der Waals surface area contributed by atoms with Crippen molar-refractivity contribution < 1.29 is 9.59 Å². The zero-order valence-corrected chi connectivity index (χ0v) is 16.5. The Morgan fingerprint density at radius 1 is 1.29 bits per heavy atom. The van der Waals surface area contributed by atoms with Gasteiger partial charge < -0.3 is 14.8 Å². The van der Waals surface area contributed by atoms with Crippen LogP contribution in [0, 0.1) is 5.92 Å². The van der Waals surface area contributed by atoms with E-state index in [-0.39, 0.29) is 17.7 Å². The molecule has 2 aliphatic heterocycles. The smallest absolute Gasteiger partial charge is 0.227 e. The summed E-state index contributed by atoms with van der Waals surface area (Å²) in [6.07, 6.45) is 7.57. The van der Waals surface area contributed by atoms with Crippen LogP contribution in [-0.2, 0) is 28.1 Å². The lowest BCUT2D eigenvalue weighted by Crippen LogP contribution is -2.59. The third-order valence-electron chi connectivity index (χ3n) is 6.12. The number of hydrogen-bond donors (Lipinski definition) is 1. The number of piperidine rings is 1. The predicted molar refractivity (Wildman–Crippen MR) is 101 cm³/mol. The molecular formula is C19H27N7O2. The Morgan fingerprint density at radius 2 is 2.07 bits per heavy atom. The molecule has 9 nitrogen and oxygen atoms in total. The molecule has 1 N–H and O–H groups in total. The molecule has 4 rings (SSSR count). The number of aromatic amines is 1. The molecule has 1 unspecified atom stereocenters. The molecule has 2 aromatic heterocycles. The van der Waals surface area contributed by atoms with Gasteiger partial charge in [-0.2, -0.15) is 5.10 Å². The highest BCUT2D eigenvalue weighted by Crippen LogP contribution is 2.42. The highest BCUT2D eigenvalue weighted by molar-refractivity contribution is 5.79. The Hall–Kier alpha value is -2.71. The molecular weight excluding hydrogens is 358 g/mol. The molecule has 1 atom stereocenters. The Morgan fingerprint density at radius 3 is 2.75 bits per heavy atom. The van der Waals surface area contributed by atoms with Gasteiger partial charge >= 0.3 is 0 Å². The summed E-state index contributed by atoms with van der Waals surface area (Å²) in [5.74, 6) is 0.112. The first-order valence-electron chi connectivity index (χ1n) is 9.99. The summed E-state index contributed by atoms with van der Waals surface area (Å²) < 4.78 is 1.69. The molecule has 0 radical (unpaired) electrons. The van der Waals surface area contributed by atoms with Gasteiger partial charge in [-0.05, 0) is 12.8 Å². The van der Waals surface area contributed by atoms with Crippen LogP contribution >= 0.6 is 0 Å². The lowest BCUT2D eigenvalue weighted by molar-refractivity contribution is -0.145. The van der Waals surface area contributed by atoms with Crippen molar-refractivity contribution in [3.8, 4) is 0 Å². The summed E-state index contributed by atoms with van der Waals surface area (Å²) in [6.45, 7) is 6.30. The highest BCUT2D eigenvalue weighted by Gasteiger charge is 2.48. The van der Waals surface area contributed by atoms with Gasteiger partial charge in [0, 0.05) is 38.2 Å². The number of fused-ring (bicyclic) bond motifs is 2. The van der Waals surface area contributed by atoms with E-state index in [1.54, 1.807) is 17.3 Å². The first kappa shape index (κ1) is 18.6. The molecule has 0 bridgehead atoms. The summed E-state index contributed by atoms with van der Waals surface area (Å²) in [4.78, 5) is 41.3. The van der Waals surface area contributed by atoms with Crippen LogP contribution in [0.2, 0.25) is 0 Å². The number of carbonyl (C=O) groups excluding carboxylic acids is 2. The summed E-state index contributed by atoms with van der Waals surface area (Å²) in [5.41, 5.74) is 1.72. The fourth-order valence-electron chi connectivity index (χ4n) is 4.63. The van der Waals surface area contributed by atoms with Crippen molar-refractivity contribution in [2.75, 3.05) is 19.6 Å². The molecule has 2 aromatic rings. The van der Waals surface area contributed by atoms with Gasteiger partial charge in [0.2, 0.25) is 11.8 Å². The van der Waals surface area contributed by atoms with E-state index in [0.29, 0.717) is 32.6 Å². The van der Waals surface area contributed by atoms with E-state index < -0.39 is 5.54 Å². The molecule has 0 saturated carbocycles. The second-order valence-corrected chi connectivity index (χ2v) is 7.75. The first-order valence-corrected chi connectivity index (χ1v) is 9.99. The second-order valence-electron chi connectivity index (χ2n) is 7.75. The molecule has 1 fully saturated rings. The van der Waals surface area contributed by atoms with E-state index in [0.717, 1.165) is 30.7 Å². The third-order valence-corrected chi connectivity index (χ3v) is 6.12. The van der Waals surface area contributed by atoms with Crippen LogP contribution in [0.1, 0.15) is 44.5 Å². The van der Waals surface area contributed by atoms with Crippen molar-refractivity contribution in [2.24, 2.45) is 5.92 Å². The van der Waals surface area contributed by atoms with Crippen LogP contribution in [0.25, 0.3) is 0 Å². The van der Waals surface area contributed by atoms with Gasteiger partial charge in [-0.15, -0.1) is 0 Å². The van der Waals surface area contributed by atoms with Crippen molar-refractivity contribution in [2.45, 2.75) is 51.6 Å². The van der Waals surface area contributed by atoms with Crippen molar-refractivity contribution >= 4 is 11.8 Å². The molecule has 2 amide bonds. The standard InChI is InChI=1S/C19H27N7O2/c1-3-16(27)26-7-4-15-17(22-12-21-15)19(26)5-8-24(9-6-19)18(28)14(2)10-25-13-20-11-23-25/h11-14H,3-10H2,1-2H3,(H,21,22). The number of likely N-dealkylation sites (tertiary alicyclic amines) is 1. The molecule has 1 spiro atoms. The van der Waals surface area contributed by atoms with E-state index in [4.69, 9.17) is 0 Å². The molecule has 150 valence electrons. The van der Waals surface area contributed by atoms with Crippen LogP contribution < -0.4 is 0 Å². The van der Waals surface area contributed by atoms with Gasteiger partial charge in [0.15, 0.2) is 0 Å². The summed E-state index contributed by atoms with van der Waals surface area (Å²) in [5, 5.41) is 4.09. The molecule has 2 aliphatic rings. The highest BCUT2D eigenvalue weighted by atomic mass is 16.2. The minimum Gasteiger partial charge on any atom is -0.348 e. The van der Waals surface area contributed by atoms with Gasteiger partial charge in [0.05, 0.1) is 30.0 Å². The summed E-state index contributed by atoms with van der Waals surface area (Å²) in [7, 11) is 0. The molecule has 9 heteroatoms. The van der Waals surface area contributed by atoms with E-state index >= 15 is 0 Å². The van der Waals surface area contributed by atoms with Gasteiger partial charge in [-0.3, -0.25) is 14.3 Å². The van der Waals surface area contributed by atoms with E-state index in [1.807, 2.05) is 23.6 Å². The van der Waals surface area contributed by atoms with Crippen molar-refractivity contribution in [3.63, 3.8) is 0 Å². The van der Waals surface area contributed by atoms with Gasteiger partial charge in [-0.25, -0.2) is 9.97 Å². The fraction of sp³-hybridized carbons (Fsp3) is 0.632. The Balaban J connectivity index is 1.50. The number of rotatable bonds is 4. The number of aromatic nitrogens is 5. The average Bonchev–Trinajstić information content (AvgIpc) is 3.40. The number of hydrogen-bond acceptors (Lipinski definition) is 5. The Bertz CT molecular complexity index is 836. The number of carbonyl (C=O) groups is 2. The molecule has 28 heavy (non-hydrogen) atoms. The number of nitrogens with one attached hydrogen (secondary N) is 1. The quantitative estimate of drug-likeness (QED) is 0.845. The van der Waals surface area contributed by atoms with Crippen molar-refractivity contribution in [1.82, 2.24) is 34.5 Å². The Kier molecular flexibility index (Phi) is 4.91. The number of amides is 2. The lowest BCUT2D eigenvalue weighted by atomic mass is 9.78.